The number of nitrogens with two attached hydrogens (primary N) is 1. The van der Waals surface area contributed by atoms with E-state index in [1.54, 1.807) is 0 Å². The second-order valence-corrected chi connectivity index (χ2v) is 28.4. The van der Waals surface area contributed by atoms with E-state index in [2.05, 4.69) is 40.7 Å². The number of hydrogen-bond acceptors (Lipinski definition) is 27. The molecule has 0 radical (unpaired) electrons. The zero-order chi connectivity index (χ0) is 61.8. The molecule has 0 amide bonds. The van der Waals surface area contributed by atoms with Crippen molar-refractivity contribution in [2.45, 2.75) is 51.2 Å². The standard InChI is InChI=1S/C44H39N11O21S8/c1-20-12-29(51-53-37-21(2)25(19-45)42-47-38-31(75-3)6-7-34(82(66,67)68)40(38)55(42)43(37)56)32(76-8-4-10-79(57,58)59)17-27(20)49-52-30-16-26(46)28(18-33(30)77-9-5-11-80(60,61)62)50-54-44-48-39-36(84(72,73)74)15-23-24(41(39)78-44)13-22(81(63,64)65)14-35(23)83(69,70)71/h6-7,12-18,56H,4-5,8-11,46H2,1-3H3,(H,57,58,59)(H,60,61,62)(H,63,64,65)(H,66,67,68)(H,69,70,71)(H,72,73,74). The summed E-state index contributed by atoms with van der Waals surface area (Å²) in [6.07, 6.45) is -0.362. The summed E-state index contributed by atoms with van der Waals surface area (Å²) in [6.45, 7) is 2.55. The third-order valence-corrected chi connectivity index (χ3v) is 19.0. The highest BCUT2D eigenvalue weighted by molar-refractivity contribution is 7.99. The SMILES string of the molecule is COc1ccc(S(=O)(=O)O)c2c1nc1c(C#N)c(C)c(N=Nc3cc(C)c(N=Nc4cc(N)c(N=Nc5nc6c(S(=O)(=O)O)cc7c(S(=O)(=O)O)cc(S(=O)(=O)O)cc7c6s5)cc4SCCCS(=O)(=O)O)cc3OCCCS(=O)(=O)O)c(O)n12. The number of aryl methyl sites for hydroxylation is 1. The van der Waals surface area contributed by atoms with E-state index in [1.807, 2.05) is 6.07 Å². The Kier molecular flexibility index (Phi) is 17.2. The number of thiazole rings is 1. The number of azo groups is 3. The third kappa shape index (κ3) is 13.5. The van der Waals surface area contributed by atoms with Crippen molar-refractivity contribution in [1.29, 1.82) is 5.26 Å². The monoisotopic (exact) mass is 1310 g/mol. The summed E-state index contributed by atoms with van der Waals surface area (Å²) >= 11 is 1.47. The molecule has 0 aliphatic rings. The van der Waals surface area contributed by atoms with Crippen LogP contribution in [0.2, 0.25) is 0 Å². The maximum Gasteiger partial charge on any atom is 0.296 e. The van der Waals surface area contributed by atoms with Crippen LogP contribution >= 0.6 is 23.1 Å². The van der Waals surface area contributed by atoms with Crippen molar-refractivity contribution < 1.29 is 92.4 Å². The number of ether oxygens (including phenoxy) is 2. The van der Waals surface area contributed by atoms with Crippen molar-refractivity contribution in [3.63, 3.8) is 0 Å². The summed E-state index contributed by atoms with van der Waals surface area (Å²) in [5.41, 5.74) is 4.40. The molecule has 32 nitrogen and oxygen atoms in total. The molecule has 0 saturated carbocycles. The summed E-state index contributed by atoms with van der Waals surface area (Å²) in [5.74, 6) is -2.30. The summed E-state index contributed by atoms with van der Waals surface area (Å²) < 4.78 is 216. The molecule has 0 bridgehead atoms. The van der Waals surface area contributed by atoms with Gasteiger partial charge in [-0.3, -0.25) is 31.7 Å². The van der Waals surface area contributed by atoms with Crippen LogP contribution in [0.15, 0.2) is 110 Å². The molecule has 84 heavy (non-hydrogen) atoms. The first-order valence-corrected chi connectivity index (χ1v) is 33.7. The number of aromatic nitrogens is 3. The maximum absolute atomic E-state index is 12.6. The molecule has 40 heteroatoms. The number of pyridine rings is 1. The van der Waals surface area contributed by atoms with E-state index in [-0.39, 0.29) is 108 Å². The zero-order valence-corrected chi connectivity index (χ0v) is 49.1. The minimum absolute atomic E-state index is 0.00293. The van der Waals surface area contributed by atoms with Crippen LogP contribution in [0.4, 0.5) is 39.3 Å². The Morgan fingerprint density at radius 1 is 0.667 bits per heavy atom. The lowest BCUT2D eigenvalue weighted by molar-refractivity contribution is 0.317. The van der Waals surface area contributed by atoms with Crippen LogP contribution in [0.5, 0.6) is 17.4 Å². The molecule has 9 N–H and O–H groups in total. The van der Waals surface area contributed by atoms with Gasteiger partial charge in [-0.25, -0.2) is 9.97 Å². The predicted octanol–water partition coefficient (Wildman–Crippen LogP) is 8.30. The first kappa shape index (κ1) is 62.5. The number of benzene rings is 5. The first-order chi connectivity index (χ1) is 39.0. The molecule has 3 aromatic heterocycles. The van der Waals surface area contributed by atoms with Gasteiger partial charge in [0.25, 0.3) is 60.7 Å². The number of thioether (sulfide) groups is 1. The number of nitrogen functional groups attached to an aromatic ring is 1. The van der Waals surface area contributed by atoms with E-state index in [1.165, 1.54) is 51.3 Å². The molecule has 0 saturated heterocycles. The van der Waals surface area contributed by atoms with E-state index >= 15 is 0 Å². The van der Waals surface area contributed by atoms with Gasteiger partial charge in [-0.05, 0) is 86.5 Å². The summed E-state index contributed by atoms with van der Waals surface area (Å²) in [5, 5.41) is 45.9. The van der Waals surface area contributed by atoms with E-state index in [0.29, 0.717) is 29.0 Å². The van der Waals surface area contributed by atoms with Gasteiger partial charge in [0.1, 0.15) is 71.4 Å². The molecule has 3 heterocycles. The molecule has 0 fully saturated rings. The molecule has 8 rings (SSSR count). The number of aromatic hydroxyl groups is 1. The van der Waals surface area contributed by atoms with Crippen LogP contribution in [-0.4, -0.2) is 128 Å². The fourth-order valence-electron chi connectivity index (χ4n) is 8.06. The van der Waals surface area contributed by atoms with Crippen molar-refractivity contribution >= 4 is 161 Å². The number of rotatable bonds is 21. The Morgan fingerprint density at radius 2 is 1.30 bits per heavy atom. The van der Waals surface area contributed by atoms with Crippen molar-refractivity contribution in [3.8, 4) is 23.4 Å². The molecule has 0 unspecified atom stereocenters. The van der Waals surface area contributed by atoms with Crippen LogP contribution in [0.3, 0.4) is 0 Å². The summed E-state index contributed by atoms with van der Waals surface area (Å²) in [7, 11) is -28.3. The average molecular weight is 1310 g/mol. The van der Waals surface area contributed by atoms with E-state index in [9.17, 15) is 88.2 Å². The fourth-order valence-corrected chi connectivity index (χ4v) is 13.8. The first-order valence-electron chi connectivity index (χ1n) is 22.9. The molecule has 8 aromatic rings. The van der Waals surface area contributed by atoms with E-state index in [4.69, 9.17) is 15.2 Å². The third-order valence-electron chi connectivity index (χ3n) is 11.8. The minimum Gasteiger partial charge on any atom is -0.494 e. The largest absolute Gasteiger partial charge is 0.494 e. The predicted molar refractivity (Wildman–Crippen MR) is 300 cm³/mol. The van der Waals surface area contributed by atoms with Crippen molar-refractivity contribution in [2.75, 3.05) is 36.7 Å². The topological polar surface area (TPSA) is 519 Å². The summed E-state index contributed by atoms with van der Waals surface area (Å²) in [4.78, 5) is 4.73. The van der Waals surface area contributed by atoms with Gasteiger partial charge in [-0.15, -0.1) is 37.3 Å². The number of nitrogens with zero attached hydrogens (tertiary/aromatic N) is 10. The van der Waals surface area contributed by atoms with Gasteiger partial charge in [0.15, 0.2) is 11.3 Å². The van der Waals surface area contributed by atoms with Gasteiger partial charge in [-0.1, -0.05) is 11.3 Å². The van der Waals surface area contributed by atoms with E-state index < -0.39 is 119 Å². The van der Waals surface area contributed by atoms with Crippen molar-refractivity contribution in [1.82, 2.24) is 14.4 Å². The lowest BCUT2D eigenvalue weighted by Gasteiger charge is -2.12. The van der Waals surface area contributed by atoms with Gasteiger partial charge < -0.3 is 20.3 Å². The number of hydrogen-bond donors (Lipinski definition) is 8. The van der Waals surface area contributed by atoms with Crippen LogP contribution < -0.4 is 15.2 Å². The van der Waals surface area contributed by atoms with Gasteiger partial charge in [0.05, 0.1) is 46.2 Å². The lowest BCUT2D eigenvalue weighted by atomic mass is 10.1. The Hall–Kier alpha value is -7.50. The molecule has 0 aliphatic heterocycles. The molecule has 0 atom stereocenters. The highest BCUT2D eigenvalue weighted by atomic mass is 32.2. The minimum atomic E-state index is -5.33. The fraction of sp³-hybridized carbons (Fsp3) is 0.205. The number of fused-ring (bicyclic) bond motifs is 6. The number of anilines is 1. The normalized spacial score (nSPS) is 13.2. The highest BCUT2D eigenvalue weighted by Crippen LogP contribution is 2.46. The van der Waals surface area contributed by atoms with Crippen LogP contribution in [-0.2, 0) is 60.7 Å². The molecule has 5 aromatic carbocycles. The zero-order valence-electron chi connectivity index (χ0n) is 42.6. The van der Waals surface area contributed by atoms with Crippen molar-refractivity contribution in [3.05, 3.63) is 71.3 Å². The molecular weight excluding hydrogens is 1280 g/mol. The van der Waals surface area contributed by atoms with Crippen LogP contribution in [0.1, 0.15) is 29.5 Å². The Labute approximate surface area is 482 Å². The van der Waals surface area contributed by atoms with Crippen LogP contribution in [0.25, 0.3) is 37.7 Å². The van der Waals surface area contributed by atoms with Gasteiger partial charge in [0.2, 0.25) is 11.0 Å². The number of imidazole rings is 1. The van der Waals surface area contributed by atoms with E-state index in [0.717, 1.165) is 28.3 Å². The lowest BCUT2D eigenvalue weighted by Crippen LogP contribution is -2.08. The number of nitriles is 1. The quantitative estimate of drug-likeness (QED) is 0.0110. The summed E-state index contributed by atoms with van der Waals surface area (Å²) in [6, 6.07) is 11.1. The second kappa shape index (κ2) is 23.2. The smallest absolute Gasteiger partial charge is 0.296 e. The average Bonchev–Trinajstić information content (AvgIpc) is 1.52. The second-order valence-electron chi connectivity index (χ2n) is 17.5. The Bertz CT molecular complexity index is 4970. The molecular formula is C44H39N11O21S8. The Balaban J connectivity index is 1.21. The van der Waals surface area contributed by atoms with Gasteiger partial charge in [-0.2, -0.15) is 60.9 Å². The van der Waals surface area contributed by atoms with Crippen molar-refractivity contribution in [2.24, 2.45) is 30.7 Å². The van der Waals surface area contributed by atoms with Gasteiger partial charge in [0, 0.05) is 27.3 Å². The molecule has 0 spiro atoms. The highest BCUT2D eigenvalue weighted by Gasteiger charge is 2.30. The maximum atomic E-state index is 12.6. The number of methoxy groups -OCH3 is 1. The van der Waals surface area contributed by atoms with Crippen LogP contribution in [0, 0.1) is 25.2 Å². The Morgan fingerprint density at radius 3 is 1.92 bits per heavy atom. The molecule has 444 valence electrons. The molecule has 0 aliphatic carbocycles. The van der Waals surface area contributed by atoms with Gasteiger partial charge >= 0.3 is 0 Å².